The van der Waals surface area contributed by atoms with Crippen LogP contribution in [0.5, 0.6) is 0 Å². The fourth-order valence-corrected chi connectivity index (χ4v) is 5.01. The van der Waals surface area contributed by atoms with Gasteiger partial charge in [-0.05, 0) is 42.2 Å². The molecule has 0 aromatic heterocycles. The largest absolute Gasteiger partial charge is 0.466 e. The second-order valence-electron chi connectivity index (χ2n) is 9.56. The molecule has 0 amide bonds. The molecule has 4 nitrogen and oxygen atoms in total. The van der Waals surface area contributed by atoms with Crippen molar-refractivity contribution in [2.75, 3.05) is 6.61 Å². The van der Waals surface area contributed by atoms with Crippen molar-refractivity contribution in [2.24, 2.45) is 11.8 Å². The summed E-state index contributed by atoms with van der Waals surface area (Å²) in [6.45, 7) is 8.78. The summed E-state index contributed by atoms with van der Waals surface area (Å²) >= 11 is 0. The van der Waals surface area contributed by atoms with Gasteiger partial charge in [-0.2, -0.15) is 0 Å². The molecule has 1 fully saturated rings. The molecule has 0 radical (unpaired) electrons. The Kier molecular flexibility index (Phi) is 8.11. The number of carbonyl (C=O) groups is 2. The maximum absolute atomic E-state index is 13.4. The Labute approximate surface area is 192 Å². The van der Waals surface area contributed by atoms with Gasteiger partial charge in [0.15, 0.2) is 0 Å². The van der Waals surface area contributed by atoms with E-state index in [9.17, 15) is 9.59 Å². The molecular weight excluding hydrogens is 400 g/mol. The van der Waals surface area contributed by atoms with Gasteiger partial charge in [0.2, 0.25) is 0 Å². The van der Waals surface area contributed by atoms with Gasteiger partial charge in [-0.3, -0.25) is 9.59 Å². The molecular formula is C28H36O4. The Balaban J connectivity index is 1.84. The minimum absolute atomic E-state index is 0.00823. The summed E-state index contributed by atoms with van der Waals surface area (Å²) in [7, 11) is 0. The van der Waals surface area contributed by atoms with Crippen molar-refractivity contribution in [3.8, 4) is 0 Å². The van der Waals surface area contributed by atoms with Gasteiger partial charge in [0.1, 0.15) is 6.10 Å². The average Bonchev–Trinajstić information content (AvgIpc) is 2.78. The van der Waals surface area contributed by atoms with Crippen LogP contribution in [0.4, 0.5) is 0 Å². The highest BCUT2D eigenvalue weighted by Gasteiger charge is 2.42. The summed E-state index contributed by atoms with van der Waals surface area (Å²) in [6, 6.07) is 19.9. The second kappa shape index (κ2) is 10.8. The van der Waals surface area contributed by atoms with E-state index in [0.717, 1.165) is 24.8 Å². The fourth-order valence-electron chi connectivity index (χ4n) is 5.01. The highest BCUT2D eigenvalue weighted by atomic mass is 16.5. The first-order valence-corrected chi connectivity index (χ1v) is 11.8. The third-order valence-corrected chi connectivity index (χ3v) is 6.93. The van der Waals surface area contributed by atoms with Gasteiger partial charge in [-0.25, -0.2) is 0 Å². The lowest BCUT2D eigenvalue weighted by Gasteiger charge is -2.44. The van der Waals surface area contributed by atoms with Gasteiger partial charge in [0.25, 0.3) is 0 Å². The molecule has 32 heavy (non-hydrogen) atoms. The zero-order valence-corrected chi connectivity index (χ0v) is 19.8. The van der Waals surface area contributed by atoms with Gasteiger partial charge in [-0.1, -0.05) is 87.9 Å². The second-order valence-corrected chi connectivity index (χ2v) is 9.56. The molecule has 4 atom stereocenters. The zero-order chi connectivity index (χ0) is 23.1. The van der Waals surface area contributed by atoms with Crippen molar-refractivity contribution in [1.82, 2.24) is 0 Å². The van der Waals surface area contributed by atoms with Crippen molar-refractivity contribution >= 4 is 11.9 Å². The molecule has 0 saturated heterocycles. The predicted octanol–water partition coefficient (Wildman–Crippen LogP) is 6.05. The van der Waals surface area contributed by atoms with E-state index in [1.165, 1.54) is 5.56 Å². The normalized spacial score (nSPS) is 22.1. The first-order valence-electron chi connectivity index (χ1n) is 11.8. The van der Waals surface area contributed by atoms with E-state index >= 15 is 0 Å². The van der Waals surface area contributed by atoms with Crippen LogP contribution in [0.25, 0.3) is 0 Å². The van der Waals surface area contributed by atoms with Gasteiger partial charge < -0.3 is 9.47 Å². The predicted molar refractivity (Wildman–Crippen MR) is 126 cm³/mol. The minimum atomic E-state index is -0.659. The van der Waals surface area contributed by atoms with E-state index < -0.39 is 5.92 Å². The zero-order valence-electron chi connectivity index (χ0n) is 19.8. The maximum atomic E-state index is 13.4. The lowest BCUT2D eigenvalue weighted by Crippen LogP contribution is -2.44. The topological polar surface area (TPSA) is 52.6 Å². The number of benzene rings is 2. The summed E-state index contributed by atoms with van der Waals surface area (Å²) in [5, 5.41) is 0. The first kappa shape index (κ1) is 24.0. The van der Waals surface area contributed by atoms with Crippen molar-refractivity contribution in [1.29, 1.82) is 0 Å². The number of rotatable bonds is 8. The number of hydrogen-bond acceptors (Lipinski definition) is 4. The molecule has 1 aliphatic rings. The van der Waals surface area contributed by atoms with Gasteiger partial charge in [0, 0.05) is 5.92 Å². The Morgan fingerprint density at radius 2 is 1.62 bits per heavy atom. The summed E-state index contributed by atoms with van der Waals surface area (Å²) in [5.74, 6) is -0.665. The van der Waals surface area contributed by atoms with Gasteiger partial charge >= 0.3 is 11.9 Å². The molecule has 0 heterocycles. The van der Waals surface area contributed by atoms with Gasteiger partial charge in [0.05, 0.1) is 18.9 Å². The van der Waals surface area contributed by atoms with E-state index in [-0.39, 0.29) is 35.8 Å². The van der Waals surface area contributed by atoms with E-state index in [1.54, 1.807) is 6.92 Å². The molecule has 1 aliphatic carbocycles. The highest BCUT2D eigenvalue weighted by molar-refractivity contribution is 5.84. The summed E-state index contributed by atoms with van der Waals surface area (Å²) in [5.41, 5.74) is 1.91. The minimum Gasteiger partial charge on any atom is -0.466 e. The summed E-state index contributed by atoms with van der Waals surface area (Å²) in [6.07, 6.45) is 2.78. The Morgan fingerprint density at radius 1 is 1.00 bits per heavy atom. The lowest BCUT2D eigenvalue weighted by molar-refractivity contribution is -0.161. The molecule has 172 valence electrons. The summed E-state index contributed by atoms with van der Waals surface area (Å²) < 4.78 is 11.4. The molecule has 2 aromatic carbocycles. The Hall–Kier alpha value is -2.62. The average molecular weight is 437 g/mol. The molecule has 0 unspecified atom stereocenters. The molecule has 4 heteroatoms. The molecule has 1 saturated carbocycles. The standard InChI is InChI=1S/C28H36O4/c1-5-31-26(29)19-23(21-12-8-6-9-13-21)27(30)32-25-18-20(2)16-17-24(25)28(3,4)22-14-10-7-11-15-22/h6-15,20,23-25H,5,16-19H2,1-4H3/t20-,23+,24-,25-/m1/s1. The Morgan fingerprint density at radius 3 is 2.25 bits per heavy atom. The maximum Gasteiger partial charge on any atom is 0.314 e. The monoisotopic (exact) mass is 436 g/mol. The van der Waals surface area contributed by atoms with Crippen molar-refractivity contribution in [2.45, 2.75) is 70.8 Å². The number of carbonyl (C=O) groups excluding carboxylic acids is 2. The van der Waals surface area contributed by atoms with Crippen LogP contribution in [-0.4, -0.2) is 24.6 Å². The molecule has 0 N–H and O–H groups in total. The molecule has 0 aliphatic heterocycles. The molecule has 3 rings (SSSR count). The quantitative estimate of drug-likeness (QED) is 0.473. The van der Waals surface area contributed by atoms with Crippen LogP contribution in [0, 0.1) is 11.8 Å². The number of esters is 2. The summed E-state index contributed by atoms with van der Waals surface area (Å²) in [4.78, 5) is 25.7. The molecule has 0 bridgehead atoms. The third kappa shape index (κ3) is 5.79. The number of ether oxygens (including phenoxy) is 2. The van der Waals surface area contributed by atoms with Crippen molar-refractivity contribution in [3.63, 3.8) is 0 Å². The smallest absolute Gasteiger partial charge is 0.314 e. The highest BCUT2D eigenvalue weighted by Crippen LogP contribution is 2.44. The van der Waals surface area contributed by atoms with Crippen LogP contribution >= 0.6 is 0 Å². The van der Waals surface area contributed by atoms with Crippen LogP contribution in [0.1, 0.15) is 70.4 Å². The van der Waals surface area contributed by atoms with E-state index in [0.29, 0.717) is 12.5 Å². The van der Waals surface area contributed by atoms with Crippen molar-refractivity contribution in [3.05, 3.63) is 71.8 Å². The lowest BCUT2D eigenvalue weighted by atomic mass is 9.64. The fraction of sp³-hybridized carbons (Fsp3) is 0.500. The molecule has 0 spiro atoms. The van der Waals surface area contributed by atoms with Crippen LogP contribution in [0.3, 0.4) is 0 Å². The van der Waals surface area contributed by atoms with E-state index in [2.05, 4.69) is 45.0 Å². The first-order chi connectivity index (χ1) is 15.3. The Bertz CT molecular complexity index is 875. The van der Waals surface area contributed by atoms with Gasteiger partial charge in [-0.15, -0.1) is 0 Å². The van der Waals surface area contributed by atoms with Crippen molar-refractivity contribution < 1.29 is 19.1 Å². The van der Waals surface area contributed by atoms with E-state index in [1.807, 2.05) is 36.4 Å². The van der Waals surface area contributed by atoms with E-state index in [4.69, 9.17) is 9.47 Å². The number of hydrogen-bond donors (Lipinski definition) is 0. The van der Waals surface area contributed by atoms with Crippen LogP contribution in [0.15, 0.2) is 60.7 Å². The molecule has 2 aromatic rings. The van der Waals surface area contributed by atoms with Crippen LogP contribution in [-0.2, 0) is 24.5 Å². The van der Waals surface area contributed by atoms with Crippen LogP contribution < -0.4 is 0 Å². The SMILES string of the molecule is CCOC(=O)C[C@H](C(=O)O[C@@H]1C[C@H](C)CC[C@H]1C(C)(C)c1ccccc1)c1ccccc1. The third-order valence-electron chi connectivity index (χ3n) is 6.93. The van der Waals surface area contributed by atoms with Crippen LogP contribution in [0.2, 0.25) is 0 Å².